The normalized spacial score (nSPS) is 11.1. The standard InChI is InChI=1S/C16H16N2OS/c1-2-18-16-8-4-3-7-14(16)15(17-18)11-12(19)10-13-6-5-9-20-13/h3-9H,2,10-11H2,1H3. The van der Waals surface area contributed by atoms with Crippen LogP contribution in [0.25, 0.3) is 10.9 Å². The Hall–Kier alpha value is -1.94. The summed E-state index contributed by atoms with van der Waals surface area (Å²) in [6.07, 6.45) is 0.913. The van der Waals surface area contributed by atoms with Crippen molar-refractivity contribution in [3.63, 3.8) is 0 Å². The SMILES string of the molecule is CCn1nc(CC(=O)Cc2cccs2)c2ccccc21. The molecule has 0 saturated carbocycles. The van der Waals surface area contributed by atoms with Crippen LogP contribution in [0.5, 0.6) is 0 Å². The number of carbonyl (C=O) groups is 1. The molecule has 0 aliphatic carbocycles. The van der Waals surface area contributed by atoms with E-state index in [9.17, 15) is 4.79 Å². The molecule has 3 aromatic rings. The van der Waals surface area contributed by atoms with Crippen molar-refractivity contribution in [1.29, 1.82) is 0 Å². The Morgan fingerprint density at radius 2 is 2.05 bits per heavy atom. The van der Waals surface area contributed by atoms with Gasteiger partial charge in [-0.3, -0.25) is 9.48 Å². The van der Waals surface area contributed by atoms with Crippen LogP contribution in [0.2, 0.25) is 0 Å². The number of benzene rings is 1. The zero-order chi connectivity index (χ0) is 13.9. The van der Waals surface area contributed by atoms with Crippen molar-refractivity contribution in [1.82, 2.24) is 9.78 Å². The number of Topliss-reactive ketones (excluding diaryl/α,β-unsaturated/α-hetero) is 1. The lowest BCUT2D eigenvalue weighted by Gasteiger charge is -1.97. The van der Waals surface area contributed by atoms with Crippen molar-refractivity contribution in [3.8, 4) is 0 Å². The largest absolute Gasteiger partial charge is 0.299 e. The molecule has 4 heteroatoms. The van der Waals surface area contributed by atoms with E-state index in [4.69, 9.17) is 0 Å². The number of hydrogen-bond donors (Lipinski definition) is 0. The summed E-state index contributed by atoms with van der Waals surface area (Å²) in [7, 11) is 0. The smallest absolute Gasteiger partial charge is 0.144 e. The molecule has 0 saturated heterocycles. The van der Waals surface area contributed by atoms with Gasteiger partial charge in [-0.05, 0) is 24.4 Å². The Morgan fingerprint density at radius 3 is 2.80 bits per heavy atom. The van der Waals surface area contributed by atoms with Gasteiger partial charge in [0.15, 0.2) is 0 Å². The van der Waals surface area contributed by atoms with E-state index >= 15 is 0 Å². The fourth-order valence-corrected chi connectivity index (χ4v) is 3.16. The summed E-state index contributed by atoms with van der Waals surface area (Å²) in [5, 5.41) is 7.67. The first-order valence-corrected chi connectivity index (χ1v) is 7.64. The maximum Gasteiger partial charge on any atom is 0.144 e. The molecular weight excluding hydrogens is 268 g/mol. The molecule has 102 valence electrons. The van der Waals surface area contributed by atoms with E-state index in [2.05, 4.69) is 18.1 Å². The second kappa shape index (κ2) is 5.59. The second-order valence-corrected chi connectivity index (χ2v) is 5.78. The molecule has 20 heavy (non-hydrogen) atoms. The zero-order valence-electron chi connectivity index (χ0n) is 11.4. The molecule has 0 radical (unpaired) electrons. The summed E-state index contributed by atoms with van der Waals surface area (Å²) >= 11 is 1.63. The van der Waals surface area contributed by atoms with Gasteiger partial charge in [0.05, 0.1) is 17.6 Å². The van der Waals surface area contributed by atoms with E-state index in [1.165, 1.54) is 0 Å². The minimum atomic E-state index is 0.221. The lowest BCUT2D eigenvalue weighted by molar-refractivity contribution is -0.117. The van der Waals surface area contributed by atoms with Crippen LogP contribution in [-0.2, 0) is 24.2 Å². The Kier molecular flexibility index (Phi) is 3.65. The summed E-state index contributed by atoms with van der Waals surface area (Å²) in [5.74, 6) is 0.221. The van der Waals surface area contributed by atoms with Gasteiger partial charge in [0, 0.05) is 23.2 Å². The lowest BCUT2D eigenvalue weighted by Crippen LogP contribution is -2.07. The zero-order valence-corrected chi connectivity index (χ0v) is 12.2. The predicted molar refractivity (Wildman–Crippen MR) is 82.1 cm³/mol. The number of fused-ring (bicyclic) bond motifs is 1. The number of hydrogen-bond acceptors (Lipinski definition) is 3. The highest BCUT2D eigenvalue weighted by molar-refractivity contribution is 7.10. The topological polar surface area (TPSA) is 34.9 Å². The molecule has 3 rings (SSSR count). The fourth-order valence-electron chi connectivity index (χ4n) is 2.42. The lowest BCUT2D eigenvalue weighted by atomic mass is 10.1. The van der Waals surface area contributed by atoms with Gasteiger partial charge in [0.2, 0.25) is 0 Å². The van der Waals surface area contributed by atoms with Gasteiger partial charge in [-0.1, -0.05) is 24.3 Å². The highest BCUT2D eigenvalue weighted by Crippen LogP contribution is 2.20. The van der Waals surface area contributed by atoms with Crippen LogP contribution in [0.3, 0.4) is 0 Å². The Balaban J connectivity index is 1.85. The van der Waals surface area contributed by atoms with Crippen molar-refractivity contribution >= 4 is 28.0 Å². The quantitative estimate of drug-likeness (QED) is 0.719. The van der Waals surface area contributed by atoms with Crippen LogP contribution in [-0.4, -0.2) is 15.6 Å². The Bertz CT molecular complexity index is 728. The number of aromatic nitrogens is 2. The molecule has 3 nitrogen and oxygen atoms in total. The van der Waals surface area contributed by atoms with Crippen molar-refractivity contribution in [2.45, 2.75) is 26.3 Å². The third-order valence-corrected chi connectivity index (χ3v) is 4.23. The third kappa shape index (κ3) is 2.51. The van der Waals surface area contributed by atoms with E-state index in [-0.39, 0.29) is 5.78 Å². The minimum Gasteiger partial charge on any atom is -0.299 e. The number of para-hydroxylation sites is 1. The van der Waals surface area contributed by atoms with Crippen LogP contribution in [0.1, 0.15) is 17.5 Å². The number of aryl methyl sites for hydroxylation is 1. The number of thiophene rings is 1. The van der Waals surface area contributed by atoms with Crippen molar-refractivity contribution < 1.29 is 4.79 Å². The predicted octanol–water partition coefficient (Wildman–Crippen LogP) is 3.47. The molecule has 0 amide bonds. The molecule has 0 aliphatic rings. The maximum atomic E-state index is 12.2. The molecule has 0 N–H and O–H groups in total. The van der Waals surface area contributed by atoms with Crippen molar-refractivity contribution in [2.24, 2.45) is 0 Å². The molecule has 0 spiro atoms. The van der Waals surface area contributed by atoms with E-state index in [0.717, 1.165) is 28.0 Å². The number of ketones is 1. The summed E-state index contributed by atoms with van der Waals surface area (Å²) in [5.41, 5.74) is 2.00. The molecule has 2 aromatic heterocycles. The summed E-state index contributed by atoms with van der Waals surface area (Å²) in [6, 6.07) is 12.1. The first kappa shape index (κ1) is 13.1. The monoisotopic (exact) mass is 284 g/mol. The molecular formula is C16H16N2OS. The fraction of sp³-hybridized carbons (Fsp3) is 0.250. The van der Waals surface area contributed by atoms with Gasteiger partial charge >= 0.3 is 0 Å². The highest BCUT2D eigenvalue weighted by atomic mass is 32.1. The number of carbonyl (C=O) groups excluding carboxylic acids is 1. The Morgan fingerprint density at radius 1 is 1.20 bits per heavy atom. The van der Waals surface area contributed by atoms with Crippen LogP contribution < -0.4 is 0 Å². The van der Waals surface area contributed by atoms with E-state index < -0.39 is 0 Å². The first-order chi connectivity index (χ1) is 9.78. The van der Waals surface area contributed by atoms with Gasteiger partial charge in [0.25, 0.3) is 0 Å². The molecule has 0 atom stereocenters. The van der Waals surface area contributed by atoms with Gasteiger partial charge in [-0.2, -0.15) is 5.10 Å². The third-order valence-electron chi connectivity index (χ3n) is 3.35. The molecule has 0 fully saturated rings. The maximum absolute atomic E-state index is 12.2. The molecule has 2 heterocycles. The van der Waals surface area contributed by atoms with Gasteiger partial charge < -0.3 is 0 Å². The molecule has 1 aromatic carbocycles. The van der Waals surface area contributed by atoms with Gasteiger partial charge in [-0.25, -0.2) is 0 Å². The average molecular weight is 284 g/mol. The molecule has 0 unspecified atom stereocenters. The first-order valence-electron chi connectivity index (χ1n) is 6.76. The van der Waals surface area contributed by atoms with Crippen LogP contribution in [0.4, 0.5) is 0 Å². The van der Waals surface area contributed by atoms with Crippen molar-refractivity contribution in [3.05, 3.63) is 52.3 Å². The molecule has 0 aliphatic heterocycles. The minimum absolute atomic E-state index is 0.221. The molecule has 0 bridgehead atoms. The highest BCUT2D eigenvalue weighted by Gasteiger charge is 2.13. The number of rotatable bonds is 5. The van der Waals surface area contributed by atoms with Crippen molar-refractivity contribution in [2.75, 3.05) is 0 Å². The Labute approximate surface area is 121 Å². The number of nitrogens with zero attached hydrogens (tertiary/aromatic N) is 2. The van der Waals surface area contributed by atoms with E-state index in [1.54, 1.807) is 11.3 Å². The summed E-state index contributed by atoms with van der Waals surface area (Å²) in [4.78, 5) is 13.3. The summed E-state index contributed by atoms with van der Waals surface area (Å²) < 4.78 is 1.96. The van der Waals surface area contributed by atoms with Crippen LogP contribution in [0, 0.1) is 0 Å². The summed E-state index contributed by atoms with van der Waals surface area (Å²) in [6.45, 7) is 2.89. The van der Waals surface area contributed by atoms with Crippen LogP contribution in [0.15, 0.2) is 41.8 Å². The van der Waals surface area contributed by atoms with Gasteiger partial charge in [0.1, 0.15) is 5.78 Å². The van der Waals surface area contributed by atoms with Gasteiger partial charge in [-0.15, -0.1) is 11.3 Å². The second-order valence-electron chi connectivity index (χ2n) is 4.75. The van der Waals surface area contributed by atoms with E-state index in [1.807, 2.05) is 40.4 Å². The van der Waals surface area contributed by atoms with E-state index in [0.29, 0.717) is 12.8 Å². The van der Waals surface area contributed by atoms with Crippen LogP contribution >= 0.6 is 11.3 Å². The average Bonchev–Trinajstić information content (AvgIpc) is 3.07.